The maximum Gasteiger partial charge on any atom is 0.248 e. The van der Waals surface area contributed by atoms with Gasteiger partial charge in [-0.2, -0.15) is 5.10 Å². The predicted molar refractivity (Wildman–Crippen MR) is 69.4 cm³/mol. The van der Waals surface area contributed by atoms with E-state index in [0.717, 1.165) is 5.57 Å². The number of primary amides is 1. The molecule has 6 heteroatoms. The van der Waals surface area contributed by atoms with E-state index in [2.05, 4.69) is 15.8 Å². The van der Waals surface area contributed by atoms with E-state index in [1.165, 1.54) is 0 Å². The van der Waals surface area contributed by atoms with Gasteiger partial charge in [-0.3, -0.25) is 9.80 Å². The van der Waals surface area contributed by atoms with Gasteiger partial charge in [0.15, 0.2) is 0 Å². The predicted octanol–water partition coefficient (Wildman–Crippen LogP) is -0.0511. The molecule has 2 heterocycles. The second-order valence-corrected chi connectivity index (χ2v) is 4.30. The van der Waals surface area contributed by atoms with Crippen molar-refractivity contribution in [1.29, 1.82) is 0 Å². The molecule has 0 aromatic rings. The summed E-state index contributed by atoms with van der Waals surface area (Å²) in [5.74, 6) is -0.559. The zero-order chi connectivity index (χ0) is 13.3. The van der Waals surface area contributed by atoms with E-state index in [4.69, 9.17) is 11.5 Å². The quantitative estimate of drug-likeness (QED) is 0.667. The molecular formula is C12H15N5O. The van der Waals surface area contributed by atoms with Crippen LogP contribution in [0.25, 0.3) is 0 Å². The van der Waals surface area contributed by atoms with Crippen molar-refractivity contribution in [1.82, 2.24) is 5.01 Å². The molecule has 0 bridgehead atoms. The molecule has 2 aliphatic rings. The van der Waals surface area contributed by atoms with E-state index in [-0.39, 0.29) is 17.7 Å². The second kappa shape index (κ2) is 4.50. The van der Waals surface area contributed by atoms with E-state index in [0.29, 0.717) is 5.57 Å². The molecule has 0 saturated carbocycles. The molecule has 4 N–H and O–H groups in total. The molecular weight excluding hydrogens is 230 g/mol. The summed E-state index contributed by atoms with van der Waals surface area (Å²) < 4.78 is 0. The highest BCUT2D eigenvalue weighted by atomic mass is 16.1. The molecule has 0 aromatic heterocycles. The normalized spacial score (nSPS) is 26.6. The SMILES string of the molecule is CC1C(C(N)=O)=C(N)N=CC1C1=C=CN(C)N=C1. The standard InChI is InChI=1S/C12H15N5O/c1-7-9(8-3-4-17(2)16-5-8)6-15-11(13)10(7)12(14)18/h4-7,9H,13H2,1-2H3,(H2,14,18). The first-order valence-corrected chi connectivity index (χ1v) is 5.58. The highest BCUT2D eigenvalue weighted by Crippen LogP contribution is 2.29. The van der Waals surface area contributed by atoms with Crippen molar-refractivity contribution < 1.29 is 4.79 Å². The van der Waals surface area contributed by atoms with Gasteiger partial charge in [-0.05, 0) is 0 Å². The molecule has 2 rings (SSSR count). The summed E-state index contributed by atoms with van der Waals surface area (Å²) >= 11 is 0. The number of allylic oxidation sites excluding steroid dienone is 1. The van der Waals surface area contributed by atoms with Crippen LogP contribution in [0.4, 0.5) is 0 Å². The van der Waals surface area contributed by atoms with Crippen LogP contribution in [0.3, 0.4) is 0 Å². The largest absolute Gasteiger partial charge is 0.383 e. The Morgan fingerprint density at radius 3 is 2.83 bits per heavy atom. The topological polar surface area (TPSA) is 97.1 Å². The van der Waals surface area contributed by atoms with Crippen LogP contribution in [-0.4, -0.2) is 30.4 Å². The average molecular weight is 245 g/mol. The van der Waals surface area contributed by atoms with E-state index in [1.807, 2.05) is 14.0 Å². The van der Waals surface area contributed by atoms with E-state index >= 15 is 0 Å². The number of hydrazone groups is 1. The summed E-state index contributed by atoms with van der Waals surface area (Å²) in [5.41, 5.74) is 15.3. The van der Waals surface area contributed by atoms with Crippen molar-refractivity contribution in [2.45, 2.75) is 6.92 Å². The highest BCUT2D eigenvalue weighted by Gasteiger charge is 2.30. The van der Waals surface area contributed by atoms with Crippen molar-refractivity contribution in [2.24, 2.45) is 33.4 Å². The Hall–Kier alpha value is -2.33. The van der Waals surface area contributed by atoms with Gasteiger partial charge in [-0.15, -0.1) is 0 Å². The van der Waals surface area contributed by atoms with Crippen molar-refractivity contribution >= 4 is 18.3 Å². The van der Waals surface area contributed by atoms with Crippen LogP contribution in [0.2, 0.25) is 0 Å². The van der Waals surface area contributed by atoms with Crippen LogP contribution in [0.15, 0.2) is 39.0 Å². The van der Waals surface area contributed by atoms with Gasteiger partial charge in [0.25, 0.3) is 0 Å². The van der Waals surface area contributed by atoms with E-state index in [9.17, 15) is 4.79 Å². The van der Waals surface area contributed by atoms with Crippen LogP contribution < -0.4 is 11.5 Å². The smallest absolute Gasteiger partial charge is 0.248 e. The third kappa shape index (κ3) is 2.06. The Bertz CT molecular complexity index is 537. The van der Waals surface area contributed by atoms with Gasteiger partial charge in [0.05, 0.1) is 18.0 Å². The molecule has 0 radical (unpaired) electrons. The number of carbonyl (C=O) groups is 1. The van der Waals surface area contributed by atoms with Crippen LogP contribution in [0.1, 0.15) is 6.92 Å². The summed E-state index contributed by atoms with van der Waals surface area (Å²) in [6, 6.07) is 0. The summed E-state index contributed by atoms with van der Waals surface area (Å²) in [6.45, 7) is 1.89. The number of nitrogens with two attached hydrogens (primary N) is 2. The Labute approximate surface area is 105 Å². The van der Waals surface area contributed by atoms with Crippen LogP contribution in [-0.2, 0) is 4.79 Å². The fourth-order valence-corrected chi connectivity index (χ4v) is 2.05. The van der Waals surface area contributed by atoms with Crippen molar-refractivity contribution in [2.75, 3.05) is 7.05 Å². The molecule has 1 amide bonds. The minimum absolute atomic E-state index is 0.0894. The van der Waals surface area contributed by atoms with Gasteiger partial charge in [0.2, 0.25) is 5.91 Å². The number of amides is 1. The lowest BCUT2D eigenvalue weighted by atomic mass is 9.81. The number of nitrogens with zero attached hydrogens (tertiary/aromatic N) is 3. The van der Waals surface area contributed by atoms with Gasteiger partial charge in [-0.25, -0.2) is 4.99 Å². The van der Waals surface area contributed by atoms with Crippen LogP contribution >= 0.6 is 0 Å². The van der Waals surface area contributed by atoms with Gasteiger partial charge in [0, 0.05) is 30.7 Å². The Morgan fingerprint density at radius 2 is 2.28 bits per heavy atom. The average Bonchev–Trinajstić information content (AvgIpc) is 2.30. The van der Waals surface area contributed by atoms with Crippen molar-refractivity contribution in [3.63, 3.8) is 0 Å². The molecule has 0 saturated heterocycles. The van der Waals surface area contributed by atoms with E-state index < -0.39 is 5.91 Å². The van der Waals surface area contributed by atoms with Crippen LogP contribution in [0, 0.1) is 11.8 Å². The summed E-state index contributed by atoms with van der Waals surface area (Å²) in [6.07, 6.45) is 5.13. The first-order chi connectivity index (χ1) is 8.50. The van der Waals surface area contributed by atoms with Gasteiger partial charge in [0.1, 0.15) is 5.82 Å². The molecule has 18 heavy (non-hydrogen) atoms. The molecule has 2 aliphatic heterocycles. The molecule has 0 aliphatic carbocycles. The lowest BCUT2D eigenvalue weighted by Gasteiger charge is -2.26. The molecule has 6 nitrogen and oxygen atoms in total. The Morgan fingerprint density at radius 1 is 1.56 bits per heavy atom. The van der Waals surface area contributed by atoms with Crippen LogP contribution in [0.5, 0.6) is 0 Å². The first-order valence-electron chi connectivity index (χ1n) is 5.58. The van der Waals surface area contributed by atoms with Gasteiger partial charge >= 0.3 is 0 Å². The lowest BCUT2D eigenvalue weighted by Crippen LogP contribution is -2.32. The summed E-state index contributed by atoms with van der Waals surface area (Å²) in [5, 5.41) is 5.78. The molecule has 2 atom stereocenters. The van der Waals surface area contributed by atoms with Crippen molar-refractivity contribution in [3.8, 4) is 0 Å². The Kier molecular flexibility index (Phi) is 3.04. The summed E-state index contributed by atoms with van der Waals surface area (Å²) in [4.78, 5) is 15.4. The van der Waals surface area contributed by atoms with Gasteiger partial charge in [-0.1, -0.05) is 12.7 Å². The zero-order valence-corrected chi connectivity index (χ0v) is 10.3. The number of hydrogen-bond acceptors (Lipinski definition) is 5. The maximum absolute atomic E-state index is 11.4. The molecule has 0 aromatic carbocycles. The lowest BCUT2D eigenvalue weighted by molar-refractivity contribution is -0.115. The molecule has 2 unspecified atom stereocenters. The third-order valence-electron chi connectivity index (χ3n) is 3.07. The zero-order valence-electron chi connectivity index (χ0n) is 10.3. The summed E-state index contributed by atoms with van der Waals surface area (Å²) in [7, 11) is 1.81. The molecule has 94 valence electrons. The number of carbonyl (C=O) groups excluding carboxylic acids is 1. The number of rotatable bonds is 2. The third-order valence-corrected chi connectivity index (χ3v) is 3.07. The minimum Gasteiger partial charge on any atom is -0.383 e. The number of aliphatic imine (C=N–C) groups is 1. The van der Waals surface area contributed by atoms with Gasteiger partial charge < -0.3 is 11.5 Å². The van der Waals surface area contributed by atoms with Crippen molar-refractivity contribution in [3.05, 3.63) is 28.9 Å². The fourth-order valence-electron chi connectivity index (χ4n) is 2.05. The fraction of sp³-hybridized carbons (Fsp3) is 0.333. The minimum atomic E-state index is -0.531. The highest BCUT2D eigenvalue weighted by molar-refractivity contribution is 5.96. The first kappa shape index (κ1) is 12.1. The maximum atomic E-state index is 11.4. The Balaban J connectivity index is 2.35. The second-order valence-electron chi connectivity index (χ2n) is 4.30. The van der Waals surface area contributed by atoms with E-state index in [1.54, 1.807) is 23.6 Å². The molecule has 0 fully saturated rings. The molecule has 0 spiro atoms. The monoisotopic (exact) mass is 245 g/mol. The number of hydrogen-bond donors (Lipinski definition) is 2.